The molecule has 2 N–H and O–H groups in total. The molecule has 1 heterocycles. The van der Waals surface area contributed by atoms with Crippen LogP contribution in [-0.2, 0) is 5.67 Å². The maximum Gasteiger partial charge on any atom is 0.146 e. The summed E-state index contributed by atoms with van der Waals surface area (Å²) in [6, 6.07) is 3.82. The van der Waals surface area contributed by atoms with Crippen LogP contribution in [0.4, 0.5) is 4.39 Å². The minimum Gasteiger partial charge on any atom is -0.328 e. The van der Waals surface area contributed by atoms with Gasteiger partial charge in [-0.3, -0.25) is 0 Å². The number of rotatable bonds is 1. The predicted molar refractivity (Wildman–Crippen MR) is 53.5 cm³/mol. The quantitative estimate of drug-likeness (QED) is 0.739. The van der Waals surface area contributed by atoms with Crippen LogP contribution in [0, 0.1) is 0 Å². The van der Waals surface area contributed by atoms with Gasteiger partial charge in [-0.15, -0.1) is 11.3 Å². The van der Waals surface area contributed by atoms with Gasteiger partial charge in [-0.25, -0.2) is 4.39 Å². The summed E-state index contributed by atoms with van der Waals surface area (Å²) in [6.45, 7) is 0. The molecule has 13 heavy (non-hydrogen) atoms. The molecule has 1 aromatic heterocycles. The van der Waals surface area contributed by atoms with E-state index in [4.69, 9.17) is 5.73 Å². The number of nitrogens with two attached hydrogens (primary N) is 1. The van der Waals surface area contributed by atoms with Crippen LogP contribution < -0.4 is 5.73 Å². The molecule has 1 fully saturated rings. The molecule has 0 aromatic carbocycles. The molecule has 72 valence electrons. The van der Waals surface area contributed by atoms with Crippen molar-refractivity contribution in [2.45, 2.75) is 37.4 Å². The Balaban J connectivity index is 2.20. The molecule has 0 aliphatic heterocycles. The monoisotopic (exact) mass is 199 g/mol. The first-order valence-corrected chi connectivity index (χ1v) is 5.57. The zero-order valence-electron chi connectivity index (χ0n) is 7.50. The molecule has 0 radical (unpaired) electrons. The van der Waals surface area contributed by atoms with Gasteiger partial charge in [0, 0.05) is 17.3 Å². The Labute approximate surface area is 81.8 Å². The molecule has 1 aromatic rings. The molecule has 1 saturated carbocycles. The predicted octanol–water partition coefficient (Wildman–Crippen LogP) is 2.81. The van der Waals surface area contributed by atoms with Crippen molar-refractivity contribution >= 4 is 11.3 Å². The molecule has 1 aliphatic rings. The van der Waals surface area contributed by atoms with Crippen LogP contribution in [0.15, 0.2) is 17.5 Å². The zero-order chi connectivity index (χ0) is 9.31. The minimum atomic E-state index is -1.13. The van der Waals surface area contributed by atoms with E-state index in [1.54, 1.807) is 0 Å². The van der Waals surface area contributed by atoms with E-state index in [2.05, 4.69) is 0 Å². The maximum absolute atomic E-state index is 14.3. The molecule has 1 nitrogen and oxygen atoms in total. The highest BCUT2D eigenvalue weighted by molar-refractivity contribution is 7.10. The number of hydrogen-bond donors (Lipinski definition) is 1. The second-order valence-electron chi connectivity index (χ2n) is 3.80. The van der Waals surface area contributed by atoms with Crippen molar-refractivity contribution in [3.05, 3.63) is 22.4 Å². The van der Waals surface area contributed by atoms with E-state index in [0.717, 1.165) is 17.7 Å². The Morgan fingerprint density at radius 3 is 3.08 bits per heavy atom. The Hall–Kier alpha value is -0.410. The van der Waals surface area contributed by atoms with Crippen LogP contribution in [0.25, 0.3) is 0 Å². The molecule has 2 unspecified atom stereocenters. The van der Waals surface area contributed by atoms with Gasteiger partial charge in [0.15, 0.2) is 0 Å². The SMILES string of the molecule is NC1CCCC(F)(c2cccs2)C1. The summed E-state index contributed by atoms with van der Waals surface area (Å²) >= 11 is 1.50. The van der Waals surface area contributed by atoms with Crippen LogP contribution >= 0.6 is 11.3 Å². The fraction of sp³-hybridized carbons (Fsp3) is 0.600. The summed E-state index contributed by atoms with van der Waals surface area (Å²) in [5, 5.41) is 1.93. The molecule has 1 aliphatic carbocycles. The largest absolute Gasteiger partial charge is 0.328 e. The van der Waals surface area contributed by atoms with Crippen LogP contribution in [0.3, 0.4) is 0 Å². The van der Waals surface area contributed by atoms with Crippen LogP contribution in [0.1, 0.15) is 30.6 Å². The maximum atomic E-state index is 14.3. The number of hydrogen-bond acceptors (Lipinski definition) is 2. The van der Waals surface area contributed by atoms with Crippen LogP contribution in [0.2, 0.25) is 0 Å². The highest BCUT2D eigenvalue weighted by atomic mass is 32.1. The summed E-state index contributed by atoms with van der Waals surface area (Å²) in [5.74, 6) is 0. The van der Waals surface area contributed by atoms with Crippen molar-refractivity contribution in [3.8, 4) is 0 Å². The fourth-order valence-electron chi connectivity index (χ4n) is 2.02. The van der Waals surface area contributed by atoms with E-state index in [1.165, 1.54) is 11.3 Å². The first-order valence-electron chi connectivity index (χ1n) is 4.69. The van der Waals surface area contributed by atoms with E-state index >= 15 is 0 Å². The summed E-state index contributed by atoms with van der Waals surface area (Å²) in [5.41, 5.74) is 4.65. The Morgan fingerprint density at radius 2 is 2.46 bits per heavy atom. The highest BCUT2D eigenvalue weighted by Gasteiger charge is 2.37. The second kappa shape index (κ2) is 3.39. The Kier molecular flexibility index (Phi) is 2.39. The Morgan fingerprint density at radius 1 is 1.62 bits per heavy atom. The fourth-order valence-corrected chi connectivity index (χ4v) is 2.88. The standard InChI is InChI=1S/C10H14FNS/c11-10(9-4-2-6-13-9)5-1-3-8(12)7-10/h2,4,6,8H,1,3,5,7,12H2. The number of thiophene rings is 1. The molecule has 2 rings (SSSR count). The lowest BCUT2D eigenvalue weighted by Gasteiger charge is -2.32. The first-order chi connectivity index (χ1) is 6.21. The average Bonchev–Trinajstić information content (AvgIpc) is 2.55. The van der Waals surface area contributed by atoms with Crippen molar-refractivity contribution in [2.75, 3.05) is 0 Å². The van der Waals surface area contributed by atoms with Gasteiger partial charge in [-0.1, -0.05) is 6.07 Å². The van der Waals surface area contributed by atoms with Crippen molar-refractivity contribution in [3.63, 3.8) is 0 Å². The normalized spacial score (nSPS) is 34.8. The van der Waals surface area contributed by atoms with Gasteiger partial charge in [-0.2, -0.15) is 0 Å². The third-order valence-corrected chi connectivity index (χ3v) is 3.75. The first kappa shape index (κ1) is 9.16. The van der Waals surface area contributed by atoms with Gasteiger partial charge >= 0.3 is 0 Å². The molecule has 0 spiro atoms. The van der Waals surface area contributed by atoms with Crippen molar-refractivity contribution in [1.82, 2.24) is 0 Å². The Bertz CT molecular complexity index is 272. The van der Waals surface area contributed by atoms with E-state index in [9.17, 15) is 4.39 Å². The van der Waals surface area contributed by atoms with E-state index in [1.807, 2.05) is 17.5 Å². The van der Waals surface area contributed by atoms with Gasteiger partial charge < -0.3 is 5.73 Å². The summed E-state index contributed by atoms with van der Waals surface area (Å²) in [4.78, 5) is 0.850. The summed E-state index contributed by atoms with van der Waals surface area (Å²) < 4.78 is 14.3. The summed E-state index contributed by atoms with van der Waals surface area (Å²) in [7, 11) is 0. The van der Waals surface area contributed by atoms with Gasteiger partial charge in [-0.05, 0) is 30.7 Å². The molecule has 0 amide bonds. The van der Waals surface area contributed by atoms with Gasteiger partial charge in [0.1, 0.15) is 5.67 Å². The lowest BCUT2D eigenvalue weighted by Crippen LogP contribution is -2.35. The average molecular weight is 199 g/mol. The second-order valence-corrected chi connectivity index (χ2v) is 4.75. The zero-order valence-corrected chi connectivity index (χ0v) is 8.32. The van der Waals surface area contributed by atoms with E-state index in [0.29, 0.717) is 12.8 Å². The summed E-state index contributed by atoms with van der Waals surface area (Å²) in [6.07, 6.45) is 3.02. The van der Waals surface area contributed by atoms with E-state index in [-0.39, 0.29) is 6.04 Å². The smallest absolute Gasteiger partial charge is 0.146 e. The number of alkyl halides is 1. The third kappa shape index (κ3) is 1.76. The molecule has 2 atom stereocenters. The molecule has 0 saturated heterocycles. The van der Waals surface area contributed by atoms with Crippen LogP contribution in [-0.4, -0.2) is 6.04 Å². The highest BCUT2D eigenvalue weighted by Crippen LogP contribution is 2.42. The van der Waals surface area contributed by atoms with Gasteiger partial charge in [0.05, 0.1) is 0 Å². The molecule has 0 bridgehead atoms. The lowest BCUT2D eigenvalue weighted by atomic mass is 9.82. The molecular weight excluding hydrogens is 185 g/mol. The minimum absolute atomic E-state index is 0.0425. The number of halogens is 1. The van der Waals surface area contributed by atoms with Gasteiger partial charge in [0.2, 0.25) is 0 Å². The topological polar surface area (TPSA) is 26.0 Å². The van der Waals surface area contributed by atoms with Crippen molar-refractivity contribution < 1.29 is 4.39 Å². The van der Waals surface area contributed by atoms with Crippen molar-refractivity contribution in [1.29, 1.82) is 0 Å². The molecule has 3 heteroatoms. The van der Waals surface area contributed by atoms with Crippen molar-refractivity contribution in [2.24, 2.45) is 5.73 Å². The van der Waals surface area contributed by atoms with E-state index < -0.39 is 5.67 Å². The van der Waals surface area contributed by atoms with Crippen LogP contribution in [0.5, 0.6) is 0 Å². The third-order valence-electron chi connectivity index (χ3n) is 2.70. The molecular formula is C10H14FNS. The lowest BCUT2D eigenvalue weighted by molar-refractivity contribution is 0.0988. The van der Waals surface area contributed by atoms with Gasteiger partial charge in [0.25, 0.3) is 0 Å².